The molecule has 0 atom stereocenters. The molecule has 0 bridgehead atoms. The number of H-pyrrole nitrogens is 2. The SMILES string of the molecule is CC.CC.CC.CC.CC.CC.CC.CC.CC.CC.CC.CC.Cc1ccccn1.Cc1cccnc1.Cc1cccnn1.Cc1ccncc1.Cc1ccncn1.Cc1ccnnc1.Cc1cn[nH]n1.Cc1cn[nH]n1.Cc1cnccn1.Cc1cncnc1.Cc1ncccn1.Cn1ccnn1. The van der Waals surface area contributed by atoms with Crippen molar-refractivity contribution in [1.82, 2.24) is 121 Å². The monoisotopic (exact) mass is 1450 g/mol. The van der Waals surface area contributed by atoms with Gasteiger partial charge in [0.05, 0.1) is 47.6 Å². The van der Waals surface area contributed by atoms with E-state index in [1.807, 2.05) is 322 Å². The molecule has 0 aromatic carbocycles. The molecule has 0 radical (unpaired) electrons. The van der Waals surface area contributed by atoms with Gasteiger partial charge < -0.3 is 0 Å². The number of nitrogens with one attached hydrogen (secondary N) is 2. The first kappa shape index (κ1) is 121. The second-order valence-electron chi connectivity index (χ2n) is 16.0. The first-order valence-corrected chi connectivity index (χ1v) is 36.7. The third-order valence-electron chi connectivity index (χ3n) is 8.33. The zero-order chi connectivity index (χ0) is 83.2. The van der Waals surface area contributed by atoms with Crippen molar-refractivity contribution in [3.05, 3.63) is 272 Å². The lowest BCUT2D eigenvalue weighted by Gasteiger charge is -1.82. The molecule has 0 spiro atoms. The summed E-state index contributed by atoms with van der Waals surface area (Å²) in [6.45, 7) is 69.3. The molecule has 0 amide bonds. The molecule has 12 aromatic heterocycles. The van der Waals surface area contributed by atoms with Crippen LogP contribution in [0.5, 0.6) is 0 Å². The van der Waals surface area contributed by atoms with Gasteiger partial charge in [-0.1, -0.05) is 184 Å². The standard InChI is InChI=1S/3C6H7N.6C5H6N2.3C3H5N3.12C2H6/c1-6-2-4-7-5-3-6;1-6-3-2-4-7-5-6;1-6-4-2-3-5-7-6;1-5-2-6-4-7-3-5;1-5-4-6-2-3-7-5;1-5-2-3-6-4-7-5;1-5-2-3-6-7-4-5;1-5-6-3-2-4-7-5;1-5-3-2-4-6-7-5;1-6-3-2-4-5-6;2*1-3-2-4-6-5-3;12*1-2/h3*2-5H,1H3;6*2-4H,1H3;2-3H,1H3;2*2H,1H3,(H,4,5,6);12*1-2H3. The molecule has 0 saturated heterocycles. The van der Waals surface area contributed by atoms with E-state index >= 15 is 0 Å². The Labute approximate surface area is 639 Å². The van der Waals surface area contributed by atoms with Crippen LogP contribution >= 0.6 is 0 Å². The summed E-state index contributed by atoms with van der Waals surface area (Å²) in [5.41, 5.74) is 10.6. The number of aromatic nitrogens is 24. The highest BCUT2D eigenvalue weighted by molar-refractivity contribution is 5.06. The van der Waals surface area contributed by atoms with Gasteiger partial charge in [0, 0.05) is 118 Å². The van der Waals surface area contributed by atoms with Crippen LogP contribution in [0.4, 0.5) is 0 Å². The summed E-state index contributed by atoms with van der Waals surface area (Å²) in [5, 5.41) is 41.1. The lowest BCUT2D eigenvalue weighted by atomic mass is 10.3. The van der Waals surface area contributed by atoms with E-state index < -0.39 is 0 Å². The van der Waals surface area contributed by atoms with Crippen molar-refractivity contribution in [2.24, 2.45) is 7.05 Å². The van der Waals surface area contributed by atoms with Crippen molar-refractivity contribution in [3.8, 4) is 0 Å². The minimum absolute atomic E-state index is 0.822. The number of hydrogen-bond donors (Lipinski definition) is 2. The van der Waals surface area contributed by atoms with Gasteiger partial charge in [0.1, 0.15) is 18.5 Å². The highest BCUT2D eigenvalue weighted by Gasteiger charge is 1.81. The van der Waals surface area contributed by atoms with Crippen LogP contribution in [0.25, 0.3) is 0 Å². The summed E-state index contributed by atoms with van der Waals surface area (Å²) < 4.78 is 1.64. The van der Waals surface area contributed by atoms with E-state index in [0.29, 0.717) is 0 Å². The Morgan fingerprint density at radius 2 is 0.714 bits per heavy atom. The summed E-state index contributed by atoms with van der Waals surface area (Å²) in [5.74, 6) is 0.822. The number of pyridine rings is 3. The first-order chi connectivity index (χ1) is 51.2. The molecule has 24 heteroatoms. The molecule has 0 unspecified atom stereocenters. The summed E-state index contributed by atoms with van der Waals surface area (Å²) >= 11 is 0. The van der Waals surface area contributed by atoms with E-state index in [2.05, 4.69) is 116 Å². The lowest BCUT2D eigenvalue weighted by molar-refractivity contribution is 0.715. The van der Waals surface area contributed by atoms with Gasteiger partial charge in [0.25, 0.3) is 0 Å². The molecule has 0 fully saturated rings. The molecule has 12 aromatic rings. The van der Waals surface area contributed by atoms with Crippen molar-refractivity contribution in [2.45, 2.75) is 242 Å². The average Bonchev–Trinajstić information content (AvgIpc) is 2.71. The predicted molar refractivity (Wildman–Crippen MR) is 447 cm³/mol. The van der Waals surface area contributed by atoms with E-state index in [-0.39, 0.29) is 0 Å². The van der Waals surface area contributed by atoms with Crippen LogP contribution in [-0.2, 0) is 7.05 Å². The number of aromatic amines is 2. The summed E-state index contributed by atoms with van der Waals surface area (Å²) in [6, 6.07) is 23.1. The number of aryl methyl sites for hydroxylation is 12. The fraction of sp³-hybridized carbons (Fsp3) is 0.444. The van der Waals surface area contributed by atoms with Crippen LogP contribution in [0.3, 0.4) is 0 Å². The molecule has 24 nitrogen and oxygen atoms in total. The van der Waals surface area contributed by atoms with Crippen LogP contribution in [0.2, 0.25) is 0 Å². The molecule has 0 aliphatic carbocycles. The topological polar surface area (TPSA) is 307 Å². The number of rotatable bonds is 0. The van der Waals surface area contributed by atoms with Gasteiger partial charge in [0.15, 0.2) is 0 Å². The Morgan fingerprint density at radius 1 is 0.257 bits per heavy atom. The molecule has 2 N–H and O–H groups in total. The first-order valence-electron chi connectivity index (χ1n) is 36.7. The zero-order valence-electron chi connectivity index (χ0n) is 72.0. The van der Waals surface area contributed by atoms with Crippen molar-refractivity contribution in [2.75, 3.05) is 0 Å². The maximum atomic E-state index is 3.98. The second-order valence-corrected chi connectivity index (χ2v) is 16.0. The molecule has 0 aliphatic heterocycles. The fourth-order valence-electron chi connectivity index (χ4n) is 4.32. The van der Waals surface area contributed by atoms with Crippen molar-refractivity contribution >= 4 is 0 Å². The normalized spacial score (nSPS) is 7.43. The highest BCUT2D eigenvalue weighted by atomic mass is 15.4. The molecule has 588 valence electrons. The number of hydrogen-bond acceptors (Lipinski definition) is 21. The summed E-state index contributed by atoms with van der Waals surface area (Å²) in [6.07, 6.45) is 37.6. The Bertz CT molecular complexity index is 2510. The van der Waals surface area contributed by atoms with Gasteiger partial charge in [-0.2, -0.15) is 51.2 Å². The molecule has 12 heterocycles. The van der Waals surface area contributed by atoms with E-state index in [4.69, 9.17) is 0 Å². The molecule has 12 rings (SSSR count). The van der Waals surface area contributed by atoms with Crippen molar-refractivity contribution < 1.29 is 0 Å². The summed E-state index contributed by atoms with van der Waals surface area (Å²) in [7, 11) is 1.83. The maximum Gasteiger partial charge on any atom is 0.125 e. The highest BCUT2D eigenvalue weighted by Crippen LogP contribution is 1.91. The van der Waals surface area contributed by atoms with Crippen molar-refractivity contribution in [1.29, 1.82) is 0 Å². The van der Waals surface area contributed by atoms with Gasteiger partial charge in [-0.3, -0.25) is 29.6 Å². The molecule has 0 aliphatic rings. The Hall–Kier alpha value is -10.7. The summed E-state index contributed by atoms with van der Waals surface area (Å²) in [4.78, 5) is 42.3. The molecule has 105 heavy (non-hydrogen) atoms. The Kier molecular flexibility index (Phi) is 136. The molecular weight excluding hydrogens is 1310 g/mol. The fourth-order valence-corrected chi connectivity index (χ4v) is 4.32. The minimum atomic E-state index is 0.822. The third-order valence-corrected chi connectivity index (χ3v) is 8.33. The van der Waals surface area contributed by atoms with Crippen LogP contribution in [-0.4, -0.2) is 121 Å². The zero-order valence-corrected chi connectivity index (χ0v) is 72.0. The van der Waals surface area contributed by atoms with E-state index in [1.54, 1.807) is 128 Å². The predicted octanol–water partition coefficient (Wildman–Crippen LogP) is 21.2. The smallest absolute Gasteiger partial charge is 0.125 e. The van der Waals surface area contributed by atoms with Crippen molar-refractivity contribution in [3.63, 3.8) is 0 Å². The maximum absolute atomic E-state index is 3.98. The van der Waals surface area contributed by atoms with Crippen LogP contribution in [0, 0.1) is 76.2 Å². The largest absolute Gasteiger partial charge is 0.265 e. The van der Waals surface area contributed by atoms with Gasteiger partial charge in [0.2, 0.25) is 0 Å². The van der Waals surface area contributed by atoms with Gasteiger partial charge in [-0.05, 0) is 159 Å². The van der Waals surface area contributed by atoms with Gasteiger partial charge >= 0.3 is 0 Å². The quantitative estimate of drug-likeness (QED) is 0.142. The lowest BCUT2D eigenvalue weighted by Crippen LogP contribution is -1.85. The Balaban J connectivity index is -0.0000000875. The minimum Gasteiger partial charge on any atom is -0.265 e. The van der Waals surface area contributed by atoms with Crippen LogP contribution < -0.4 is 0 Å². The van der Waals surface area contributed by atoms with E-state index in [1.165, 1.54) is 23.8 Å². The average molecular weight is 1450 g/mol. The van der Waals surface area contributed by atoms with Gasteiger partial charge in [-0.25, -0.2) is 29.9 Å². The second kappa shape index (κ2) is 117. The van der Waals surface area contributed by atoms with E-state index in [9.17, 15) is 0 Å². The van der Waals surface area contributed by atoms with Gasteiger partial charge in [-0.15, -0.1) is 5.10 Å². The Morgan fingerprint density at radius 3 is 0.905 bits per heavy atom. The number of nitrogens with zero attached hydrogens (tertiary/aromatic N) is 22. The molecular formula is C81H144N24. The molecule has 0 saturated carbocycles. The third kappa shape index (κ3) is 115. The van der Waals surface area contributed by atoms with Crippen LogP contribution in [0.1, 0.15) is 228 Å². The van der Waals surface area contributed by atoms with Crippen LogP contribution in [0.15, 0.2) is 209 Å². The van der Waals surface area contributed by atoms with E-state index in [0.717, 1.165) is 51.1 Å².